The van der Waals surface area contributed by atoms with Crippen LogP contribution in [0.5, 0.6) is 0 Å². The van der Waals surface area contributed by atoms with Crippen LogP contribution in [-0.4, -0.2) is 27.2 Å². The highest BCUT2D eigenvalue weighted by atomic mass is 32.2. The molecule has 0 atom stereocenters. The molecule has 0 saturated heterocycles. The fourth-order valence-electron chi connectivity index (χ4n) is 1.70. The molecular formula is C13H12N2O4S. The van der Waals surface area contributed by atoms with Crippen molar-refractivity contribution in [1.29, 1.82) is 5.26 Å². The fourth-order valence-corrected chi connectivity index (χ4v) is 2.33. The molecule has 1 aliphatic rings. The summed E-state index contributed by atoms with van der Waals surface area (Å²) in [6.07, 6.45) is 1.57. The Hall–Kier alpha value is -2.33. The van der Waals surface area contributed by atoms with E-state index in [0.29, 0.717) is 18.6 Å². The summed E-state index contributed by atoms with van der Waals surface area (Å²) in [5.74, 6) is -0.278. The Balaban J connectivity index is 2.17. The highest BCUT2D eigenvalue weighted by molar-refractivity contribution is 7.90. The van der Waals surface area contributed by atoms with Gasteiger partial charge in [0, 0.05) is 18.2 Å². The van der Waals surface area contributed by atoms with Gasteiger partial charge in [0.2, 0.25) is 5.88 Å². The minimum Gasteiger partial charge on any atom is -0.478 e. The monoisotopic (exact) mass is 292 g/mol. The molecule has 1 N–H and O–H groups in total. The second-order valence-corrected chi connectivity index (χ2v) is 6.28. The van der Waals surface area contributed by atoms with Gasteiger partial charge in [0.15, 0.2) is 9.84 Å². The molecule has 7 heteroatoms. The Kier molecular flexibility index (Phi) is 3.77. The van der Waals surface area contributed by atoms with Crippen molar-refractivity contribution in [3.8, 4) is 6.07 Å². The zero-order valence-corrected chi connectivity index (χ0v) is 11.5. The second-order valence-electron chi connectivity index (χ2n) is 4.27. The Labute approximate surface area is 116 Å². The molecule has 0 spiro atoms. The Morgan fingerprint density at radius 2 is 2.00 bits per heavy atom. The molecule has 1 aromatic rings. The Morgan fingerprint density at radius 3 is 2.55 bits per heavy atom. The molecule has 1 heterocycles. The second kappa shape index (κ2) is 5.35. The third kappa shape index (κ3) is 2.97. The number of rotatable bonds is 3. The molecule has 0 fully saturated rings. The Morgan fingerprint density at radius 1 is 1.35 bits per heavy atom. The first-order chi connectivity index (χ1) is 9.41. The van der Waals surface area contributed by atoms with Crippen LogP contribution in [0.1, 0.15) is 16.8 Å². The molecule has 0 aromatic heterocycles. The van der Waals surface area contributed by atoms with E-state index in [4.69, 9.17) is 10.00 Å². The molecule has 0 radical (unpaired) electrons. The van der Waals surface area contributed by atoms with E-state index in [1.807, 2.05) is 6.07 Å². The van der Waals surface area contributed by atoms with E-state index in [1.54, 1.807) is 0 Å². The molecule has 1 aromatic carbocycles. The van der Waals surface area contributed by atoms with E-state index in [9.17, 15) is 13.2 Å². The van der Waals surface area contributed by atoms with Gasteiger partial charge in [0.05, 0.1) is 17.1 Å². The lowest BCUT2D eigenvalue weighted by Gasteiger charge is -2.07. The molecule has 0 bridgehead atoms. The molecule has 1 amide bonds. The third-order valence-corrected chi connectivity index (χ3v) is 3.91. The Bertz CT molecular complexity index is 712. The maximum absolute atomic E-state index is 11.9. The van der Waals surface area contributed by atoms with Crippen molar-refractivity contribution in [3.63, 3.8) is 0 Å². The average Bonchev–Trinajstić information content (AvgIpc) is 2.85. The summed E-state index contributed by atoms with van der Waals surface area (Å²) >= 11 is 0. The fraction of sp³-hybridized carbons (Fsp3) is 0.231. The molecule has 1 aliphatic heterocycles. The van der Waals surface area contributed by atoms with Gasteiger partial charge < -0.3 is 4.74 Å². The van der Waals surface area contributed by atoms with E-state index in [-0.39, 0.29) is 16.3 Å². The third-order valence-electron chi connectivity index (χ3n) is 2.78. The van der Waals surface area contributed by atoms with Gasteiger partial charge >= 0.3 is 0 Å². The number of nitrogens with one attached hydrogen (secondary N) is 1. The van der Waals surface area contributed by atoms with Crippen molar-refractivity contribution in [3.05, 3.63) is 41.3 Å². The van der Waals surface area contributed by atoms with Crippen molar-refractivity contribution in [2.45, 2.75) is 11.3 Å². The number of ether oxygens (including phenoxy) is 1. The van der Waals surface area contributed by atoms with Gasteiger partial charge in [-0.2, -0.15) is 5.26 Å². The standard InChI is InChI=1S/C13H12N2O4S/c1-20(17,18)11-4-2-9(3-5-11)12(16)15-13-10(8-14)6-7-19-13/h2-5H,6-7H2,1H3,(H,15,16). The summed E-state index contributed by atoms with van der Waals surface area (Å²) in [4.78, 5) is 12.1. The maximum Gasteiger partial charge on any atom is 0.257 e. The number of carbonyl (C=O) groups excluding carboxylic acids is 1. The molecule has 20 heavy (non-hydrogen) atoms. The first kappa shape index (κ1) is 14.1. The zero-order valence-electron chi connectivity index (χ0n) is 10.7. The number of sulfone groups is 1. The van der Waals surface area contributed by atoms with Crippen LogP contribution in [0.15, 0.2) is 40.6 Å². The van der Waals surface area contributed by atoms with Gasteiger partial charge in [0.1, 0.15) is 6.07 Å². The number of nitrogens with zero attached hydrogens (tertiary/aromatic N) is 1. The van der Waals surface area contributed by atoms with Crippen LogP contribution in [-0.2, 0) is 14.6 Å². The number of hydrogen-bond donors (Lipinski definition) is 1. The van der Waals surface area contributed by atoms with Crippen LogP contribution in [0.4, 0.5) is 0 Å². The minimum absolute atomic E-state index is 0.142. The molecule has 6 nitrogen and oxygen atoms in total. The predicted octanol–water partition coefficient (Wildman–Crippen LogP) is 0.975. The summed E-state index contributed by atoms with van der Waals surface area (Å²) in [7, 11) is -3.29. The van der Waals surface area contributed by atoms with E-state index in [1.165, 1.54) is 24.3 Å². The van der Waals surface area contributed by atoms with E-state index in [0.717, 1.165) is 6.26 Å². The van der Waals surface area contributed by atoms with Crippen LogP contribution >= 0.6 is 0 Å². The largest absolute Gasteiger partial charge is 0.478 e. The van der Waals surface area contributed by atoms with E-state index < -0.39 is 15.7 Å². The number of benzene rings is 1. The van der Waals surface area contributed by atoms with Crippen molar-refractivity contribution in [2.24, 2.45) is 0 Å². The summed E-state index contributed by atoms with van der Waals surface area (Å²) in [5.41, 5.74) is 0.684. The molecule has 0 unspecified atom stereocenters. The van der Waals surface area contributed by atoms with Crippen LogP contribution in [0.3, 0.4) is 0 Å². The number of nitriles is 1. The van der Waals surface area contributed by atoms with Crippen LogP contribution < -0.4 is 5.32 Å². The quantitative estimate of drug-likeness (QED) is 0.895. The highest BCUT2D eigenvalue weighted by Crippen LogP contribution is 2.17. The summed E-state index contributed by atoms with van der Waals surface area (Å²) in [5, 5.41) is 11.3. The van der Waals surface area contributed by atoms with Gasteiger partial charge in [-0.05, 0) is 24.3 Å². The van der Waals surface area contributed by atoms with Crippen LogP contribution in [0.2, 0.25) is 0 Å². The summed E-state index contributed by atoms with van der Waals surface area (Å²) in [6, 6.07) is 7.50. The molecule has 104 valence electrons. The first-order valence-electron chi connectivity index (χ1n) is 5.79. The highest BCUT2D eigenvalue weighted by Gasteiger charge is 2.19. The lowest BCUT2D eigenvalue weighted by molar-refractivity contribution is 0.0930. The predicted molar refractivity (Wildman–Crippen MR) is 70.2 cm³/mol. The first-order valence-corrected chi connectivity index (χ1v) is 7.68. The van der Waals surface area contributed by atoms with Gasteiger partial charge in [0.25, 0.3) is 5.91 Å². The number of carbonyl (C=O) groups is 1. The number of amides is 1. The molecule has 2 rings (SSSR count). The molecule has 0 saturated carbocycles. The SMILES string of the molecule is CS(=O)(=O)c1ccc(C(=O)NC2=C(C#N)CCO2)cc1. The summed E-state index contributed by atoms with van der Waals surface area (Å²) < 4.78 is 27.8. The number of hydrogen-bond acceptors (Lipinski definition) is 5. The lowest BCUT2D eigenvalue weighted by Crippen LogP contribution is -2.23. The smallest absolute Gasteiger partial charge is 0.257 e. The van der Waals surface area contributed by atoms with Gasteiger partial charge in [-0.25, -0.2) is 8.42 Å². The topological polar surface area (TPSA) is 96.3 Å². The van der Waals surface area contributed by atoms with Crippen LogP contribution in [0.25, 0.3) is 0 Å². The van der Waals surface area contributed by atoms with Gasteiger partial charge in [-0.3, -0.25) is 10.1 Å². The van der Waals surface area contributed by atoms with Gasteiger partial charge in [-0.15, -0.1) is 0 Å². The minimum atomic E-state index is -3.29. The average molecular weight is 292 g/mol. The normalized spacial score (nSPS) is 14.6. The van der Waals surface area contributed by atoms with Crippen LogP contribution in [0, 0.1) is 11.3 Å². The molecular weight excluding hydrogens is 280 g/mol. The molecule has 0 aliphatic carbocycles. The summed E-state index contributed by atoms with van der Waals surface area (Å²) in [6.45, 7) is 0.367. The van der Waals surface area contributed by atoms with Crippen molar-refractivity contribution < 1.29 is 17.9 Å². The van der Waals surface area contributed by atoms with E-state index >= 15 is 0 Å². The van der Waals surface area contributed by atoms with Gasteiger partial charge in [-0.1, -0.05) is 0 Å². The van der Waals surface area contributed by atoms with E-state index in [2.05, 4.69) is 5.32 Å². The maximum atomic E-state index is 11.9. The lowest BCUT2D eigenvalue weighted by atomic mass is 10.2. The van der Waals surface area contributed by atoms with Crippen molar-refractivity contribution >= 4 is 15.7 Å². The van der Waals surface area contributed by atoms with Crippen molar-refractivity contribution in [1.82, 2.24) is 5.32 Å². The zero-order chi connectivity index (χ0) is 14.8. The van der Waals surface area contributed by atoms with Crippen molar-refractivity contribution in [2.75, 3.05) is 12.9 Å².